The fourth-order valence-electron chi connectivity index (χ4n) is 2.48. The van der Waals surface area contributed by atoms with Crippen LogP contribution in [-0.2, 0) is 15.8 Å². The second-order valence-electron chi connectivity index (χ2n) is 5.61. The van der Waals surface area contributed by atoms with Crippen LogP contribution in [0.25, 0.3) is 5.65 Å². The lowest BCUT2D eigenvalue weighted by Gasteiger charge is -2.13. The first-order valence-electron chi connectivity index (χ1n) is 7.54. The molecule has 9 heteroatoms. The molecule has 0 spiro atoms. The molecule has 1 amide bonds. The molecule has 2 aromatic heterocycles. The van der Waals surface area contributed by atoms with Gasteiger partial charge < -0.3 is 10.1 Å². The summed E-state index contributed by atoms with van der Waals surface area (Å²) in [6.07, 6.45) is -2.64. The van der Waals surface area contributed by atoms with Gasteiger partial charge in [-0.1, -0.05) is 12.1 Å². The number of hydrogen-bond acceptors (Lipinski definition) is 4. The number of anilines is 1. The van der Waals surface area contributed by atoms with E-state index in [0.29, 0.717) is 23.4 Å². The molecule has 0 aliphatic rings. The van der Waals surface area contributed by atoms with E-state index in [2.05, 4.69) is 15.4 Å². The van der Waals surface area contributed by atoms with Gasteiger partial charge in [-0.05, 0) is 30.7 Å². The maximum absolute atomic E-state index is 12.6. The zero-order valence-corrected chi connectivity index (χ0v) is 13.5. The van der Waals surface area contributed by atoms with E-state index < -0.39 is 23.6 Å². The SMILES string of the molecule is Cc1cc2nccc(NC(=O)C(C=O)c3ccc(C(F)(F)F)cc3)n2n1. The van der Waals surface area contributed by atoms with Gasteiger partial charge in [-0.2, -0.15) is 22.8 Å². The fourth-order valence-corrected chi connectivity index (χ4v) is 2.48. The van der Waals surface area contributed by atoms with Crippen molar-refractivity contribution in [2.45, 2.75) is 19.0 Å². The van der Waals surface area contributed by atoms with Crippen LogP contribution in [0.15, 0.2) is 42.6 Å². The minimum absolute atomic E-state index is 0.160. The summed E-state index contributed by atoms with van der Waals surface area (Å²) in [5.41, 5.74) is 0.507. The van der Waals surface area contributed by atoms with Crippen LogP contribution in [0.2, 0.25) is 0 Å². The Hall–Kier alpha value is -3.23. The summed E-state index contributed by atoms with van der Waals surface area (Å²) in [6.45, 7) is 1.76. The van der Waals surface area contributed by atoms with E-state index in [1.807, 2.05) is 0 Å². The van der Waals surface area contributed by atoms with Crippen LogP contribution in [-0.4, -0.2) is 26.8 Å². The third-order valence-electron chi connectivity index (χ3n) is 3.75. The number of aryl methyl sites for hydroxylation is 1. The summed E-state index contributed by atoms with van der Waals surface area (Å²) in [5.74, 6) is -1.63. The number of carbonyl (C=O) groups excluding carboxylic acids is 2. The predicted molar refractivity (Wildman–Crippen MR) is 86.6 cm³/mol. The third kappa shape index (κ3) is 3.41. The number of rotatable bonds is 4. The van der Waals surface area contributed by atoms with E-state index in [1.54, 1.807) is 13.0 Å². The maximum Gasteiger partial charge on any atom is 0.416 e. The molecule has 0 saturated heterocycles. The van der Waals surface area contributed by atoms with Gasteiger partial charge in [0.05, 0.1) is 11.3 Å². The Morgan fingerprint density at radius 2 is 1.92 bits per heavy atom. The smallest absolute Gasteiger partial charge is 0.310 e. The largest absolute Gasteiger partial charge is 0.416 e. The molecule has 0 radical (unpaired) electrons. The van der Waals surface area contributed by atoms with Crippen LogP contribution in [0.3, 0.4) is 0 Å². The van der Waals surface area contributed by atoms with E-state index in [4.69, 9.17) is 0 Å². The second kappa shape index (κ2) is 6.58. The standard InChI is InChI=1S/C17H13F3N4O2/c1-10-8-15-21-7-6-14(24(15)23-10)22-16(26)13(9-25)11-2-4-12(5-3-11)17(18,19)20/h2-9,13H,1H3,(H,22,26). The molecule has 2 heterocycles. The molecular formula is C17H13F3N4O2. The van der Waals surface area contributed by atoms with Crippen LogP contribution >= 0.6 is 0 Å². The van der Waals surface area contributed by atoms with Crippen molar-refractivity contribution < 1.29 is 22.8 Å². The highest BCUT2D eigenvalue weighted by Crippen LogP contribution is 2.30. The molecular weight excluding hydrogens is 349 g/mol. The quantitative estimate of drug-likeness (QED) is 0.572. The van der Waals surface area contributed by atoms with Gasteiger partial charge in [0.2, 0.25) is 5.91 Å². The maximum atomic E-state index is 12.6. The lowest BCUT2D eigenvalue weighted by Crippen LogP contribution is -2.23. The number of aldehydes is 1. The van der Waals surface area contributed by atoms with Crippen molar-refractivity contribution in [1.82, 2.24) is 14.6 Å². The average Bonchev–Trinajstić information content (AvgIpc) is 2.96. The molecule has 3 rings (SSSR count). The molecule has 0 aliphatic carbocycles. The summed E-state index contributed by atoms with van der Waals surface area (Å²) < 4.78 is 39.3. The molecule has 1 aromatic carbocycles. The molecule has 0 fully saturated rings. The van der Waals surface area contributed by atoms with E-state index in [9.17, 15) is 22.8 Å². The van der Waals surface area contributed by atoms with Gasteiger partial charge >= 0.3 is 6.18 Å². The number of nitrogens with zero attached hydrogens (tertiary/aromatic N) is 3. The topological polar surface area (TPSA) is 76.4 Å². The van der Waals surface area contributed by atoms with Gasteiger partial charge in [-0.25, -0.2) is 4.98 Å². The number of fused-ring (bicyclic) bond motifs is 1. The zero-order chi connectivity index (χ0) is 18.9. The monoisotopic (exact) mass is 362 g/mol. The van der Waals surface area contributed by atoms with Crippen LogP contribution in [0, 0.1) is 6.92 Å². The summed E-state index contributed by atoms with van der Waals surface area (Å²) in [5, 5.41) is 6.75. The number of carbonyl (C=O) groups is 2. The first kappa shape index (κ1) is 17.6. The Bertz CT molecular complexity index is 964. The Kier molecular flexibility index (Phi) is 4.45. The van der Waals surface area contributed by atoms with E-state index in [-0.39, 0.29) is 5.56 Å². The third-order valence-corrected chi connectivity index (χ3v) is 3.75. The summed E-state index contributed by atoms with van der Waals surface area (Å²) in [4.78, 5) is 27.9. The lowest BCUT2D eigenvalue weighted by atomic mass is 9.98. The number of aromatic nitrogens is 3. The van der Waals surface area contributed by atoms with Crippen molar-refractivity contribution >= 4 is 23.7 Å². The van der Waals surface area contributed by atoms with E-state index >= 15 is 0 Å². The van der Waals surface area contributed by atoms with Crippen molar-refractivity contribution in [3.05, 3.63) is 59.4 Å². The van der Waals surface area contributed by atoms with Crippen LogP contribution in [0.1, 0.15) is 22.7 Å². The highest BCUT2D eigenvalue weighted by atomic mass is 19.4. The molecule has 26 heavy (non-hydrogen) atoms. The minimum atomic E-state index is -4.49. The lowest BCUT2D eigenvalue weighted by molar-refractivity contribution is -0.137. The van der Waals surface area contributed by atoms with Gasteiger partial charge in [-0.3, -0.25) is 4.79 Å². The predicted octanol–water partition coefficient (Wildman–Crippen LogP) is 2.98. The normalized spacial score (nSPS) is 12.8. The van der Waals surface area contributed by atoms with Crippen molar-refractivity contribution in [2.24, 2.45) is 0 Å². The zero-order valence-electron chi connectivity index (χ0n) is 13.5. The van der Waals surface area contributed by atoms with Crippen molar-refractivity contribution in [2.75, 3.05) is 5.32 Å². The van der Waals surface area contributed by atoms with Gasteiger partial charge in [0.1, 0.15) is 18.0 Å². The Labute approximate surface area is 145 Å². The Morgan fingerprint density at radius 3 is 2.54 bits per heavy atom. The number of halogens is 3. The van der Waals surface area contributed by atoms with Crippen molar-refractivity contribution in [3.8, 4) is 0 Å². The summed E-state index contributed by atoms with van der Waals surface area (Å²) in [6, 6.07) is 7.11. The molecule has 0 saturated carbocycles. The van der Waals surface area contributed by atoms with Crippen molar-refractivity contribution in [1.29, 1.82) is 0 Å². The van der Waals surface area contributed by atoms with Crippen LogP contribution < -0.4 is 5.32 Å². The van der Waals surface area contributed by atoms with Gasteiger partial charge in [0.15, 0.2) is 5.65 Å². The summed E-state index contributed by atoms with van der Waals surface area (Å²) >= 11 is 0. The average molecular weight is 362 g/mol. The highest BCUT2D eigenvalue weighted by Gasteiger charge is 2.31. The number of alkyl halides is 3. The first-order chi connectivity index (χ1) is 12.3. The van der Waals surface area contributed by atoms with E-state index in [0.717, 1.165) is 24.3 Å². The molecule has 134 valence electrons. The molecule has 0 bridgehead atoms. The number of hydrogen-bond donors (Lipinski definition) is 1. The Morgan fingerprint density at radius 1 is 1.23 bits per heavy atom. The first-order valence-corrected chi connectivity index (χ1v) is 7.54. The number of amides is 1. The molecule has 1 atom stereocenters. The minimum Gasteiger partial charge on any atom is -0.310 e. The highest BCUT2D eigenvalue weighted by molar-refractivity contribution is 6.05. The molecule has 3 aromatic rings. The number of nitrogens with one attached hydrogen (secondary N) is 1. The molecule has 6 nitrogen and oxygen atoms in total. The molecule has 1 unspecified atom stereocenters. The Balaban J connectivity index is 1.86. The molecule has 0 aliphatic heterocycles. The second-order valence-corrected chi connectivity index (χ2v) is 5.61. The van der Waals surface area contributed by atoms with Crippen LogP contribution in [0.5, 0.6) is 0 Å². The van der Waals surface area contributed by atoms with Gasteiger partial charge in [-0.15, -0.1) is 0 Å². The fraction of sp³-hybridized carbons (Fsp3) is 0.176. The van der Waals surface area contributed by atoms with E-state index in [1.165, 1.54) is 16.8 Å². The van der Waals surface area contributed by atoms with Crippen LogP contribution in [0.4, 0.5) is 19.0 Å². The molecule has 1 N–H and O–H groups in total. The summed E-state index contributed by atoms with van der Waals surface area (Å²) in [7, 11) is 0. The van der Waals surface area contributed by atoms with Crippen molar-refractivity contribution in [3.63, 3.8) is 0 Å². The number of benzene rings is 1. The van der Waals surface area contributed by atoms with Gasteiger partial charge in [0.25, 0.3) is 0 Å². The van der Waals surface area contributed by atoms with Gasteiger partial charge in [0, 0.05) is 12.3 Å².